The summed E-state index contributed by atoms with van der Waals surface area (Å²) in [4.78, 5) is 0. The molecule has 0 radical (unpaired) electrons. The average Bonchev–Trinajstić information content (AvgIpc) is 2.97. The molecule has 0 aromatic heterocycles. The van der Waals surface area contributed by atoms with E-state index in [1.807, 2.05) is 24.3 Å². The van der Waals surface area contributed by atoms with Gasteiger partial charge in [0.25, 0.3) is 0 Å². The Labute approximate surface area is 254 Å². The van der Waals surface area contributed by atoms with Gasteiger partial charge in [0.2, 0.25) is 0 Å². The molecule has 0 unspecified atom stereocenters. The maximum Gasteiger partial charge on any atom is 0.573 e. The number of alkyl halides is 6. The van der Waals surface area contributed by atoms with E-state index in [1.54, 1.807) is 31.2 Å². The van der Waals surface area contributed by atoms with Gasteiger partial charge in [0.1, 0.15) is 11.5 Å². The van der Waals surface area contributed by atoms with Gasteiger partial charge >= 0.3 is 12.7 Å². The first-order chi connectivity index (χ1) is 20.9. The molecule has 0 spiro atoms. The molecule has 0 heterocycles. The highest BCUT2D eigenvalue weighted by Crippen LogP contribution is 2.31. The van der Waals surface area contributed by atoms with Gasteiger partial charge in [-0.2, -0.15) is 0 Å². The zero-order valence-corrected chi connectivity index (χ0v) is 24.6. The molecule has 0 saturated carbocycles. The lowest BCUT2D eigenvalue weighted by molar-refractivity contribution is -0.275. The normalized spacial score (nSPS) is 11.9. The maximum atomic E-state index is 12.5. The molecule has 0 N–H and O–H groups in total. The molecule has 0 bridgehead atoms. The molecule has 2 nitrogen and oxygen atoms in total. The third kappa shape index (κ3) is 11.0. The summed E-state index contributed by atoms with van der Waals surface area (Å²) in [5, 5.41) is 0. The third-order valence-electron chi connectivity index (χ3n) is 7.49. The van der Waals surface area contributed by atoms with Crippen LogP contribution < -0.4 is 9.47 Å². The Hall–Kier alpha value is -3.94. The number of unbranched alkanes of at least 4 members (excludes halogenated alkanes) is 6. The summed E-state index contributed by atoms with van der Waals surface area (Å²) >= 11 is 0. The summed E-state index contributed by atoms with van der Waals surface area (Å²) in [6.45, 7) is 1.61. The van der Waals surface area contributed by atoms with Gasteiger partial charge in [0, 0.05) is 0 Å². The predicted octanol–water partition coefficient (Wildman–Crippen LogP) is 11.6. The Morgan fingerprint density at radius 2 is 0.841 bits per heavy atom. The number of ether oxygens (including phenoxy) is 2. The van der Waals surface area contributed by atoms with Gasteiger partial charge in [-0.15, -0.1) is 26.3 Å². The van der Waals surface area contributed by atoms with Crippen LogP contribution in [-0.2, 0) is 12.8 Å². The van der Waals surface area contributed by atoms with Gasteiger partial charge < -0.3 is 9.47 Å². The van der Waals surface area contributed by atoms with Crippen LogP contribution in [-0.4, -0.2) is 12.7 Å². The average molecular weight is 615 g/mol. The van der Waals surface area contributed by atoms with Crippen LogP contribution in [0.15, 0.2) is 91.0 Å². The van der Waals surface area contributed by atoms with Crippen LogP contribution in [0.4, 0.5) is 26.3 Å². The molecular weight excluding hydrogens is 578 g/mol. The molecule has 4 rings (SSSR count). The number of aryl methyl sites for hydroxylation is 3. The van der Waals surface area contributed by atoms with E-state index < -0.39 is 12.7 Å². The summed E-state index contributed by atoms with van der Waals surface area (Å²) in [6, 6.07) is 26.9. The van der Waals surface area contributed by atoms with Crippen molar-refractivity contribution >= 4 is 0 Å². The summed E-state index contributed by atoms with van der Waals surface area (Å²) in [5.74, 6) is -0.410. The molecule has 8 heteroatoms. The highest BCUT2D eigenvalue weighted by molar-refractivity contribution is 5.66. The Balaban J connectivity index is 1.08. The molecule has 0 aliphatic carbocycles. The first-order valence-corrected chi connectivity index (χ1v) is 14.9. The second kappa shape index (κ2) is 15.2. The van der Waals surface area contributed by atoms with Crippen LogP contribution in [0.25, 0.3) is 22.3 Å². The van der Waals surface area contributed by atoms with Crippen LogP contribution >= 0.6 is 0 Å². The van der Waals surface area contributed by atoms with Crippen molar-refractivity contribution in [3.8, 4) is 33.8 Å². The van der Waals surface area contributed by atoms with Gasteiger partial charge in [-0.25, -0.2) is 0 Å². The van der Waals surface area contributed by atoms with Gasteiger partial charge in [-0.3, -0.25) is 0 Å². The monoisotopic (exact) mass is 614 g/mol. The van der Waals surface area contributed by atoms with Crippen molar-refractivity contribution in [3.63, 3.8) is 0 Å². The van der Waals surface area contributed by atoms with Gasteiger partial charge in [-0.05, 0) is 95.8 Å². The number of hydrogen-bond acceptors (Lipinski definition) is 2. The van der Waals surface area contributed by atoms with E-state index in [0.29, 0.717) is 5.56 Å². The fraction of sp³-hybridized carbons (Fsp3) is 0.333. The van der Waals surface area contributed by atoms with Crippen LogP contribution in [0, 0.1) is 6.92 Å². The second-order valence-electron chi connectivity index (χ2n) is 11.0. The fourth-order valence-corrected chi connectivity index (χ4v) is 5.19. The molecule has 0 fully saturated rings. The number of benzene rings is 4. The minimum atomic E-state index is -4.70. The minimum Gasteiger partial charge on any atom is -0.406 e. The molecule has 4 aromatic carbocycles. The number of hydrogen-bond donors (Lipinski definition) is 0. The molecule has 0 aliphatic rings. The Kier molecular flexibility index (Phi) is 11.4. The van der Waals surface area contributed by atoms with E-state index in [-0.39, 0.29) is 11.5 Å². The van der Waals surface area contributed by atoms with Crippen molar-refractivity contribution in [2.24, 2.45) is 0 Å². The van der Waals surface area contributed by atoms with E-state index in [4.69, 9.17) is 0 Å². The highest BCUT2D eigenvalue weighted by atomic mass is 19.4. The molecule has 4 aromatic rings. The summed E-state index contributed by atoms with van der Waals surface area (Å²) < 4.78 is 82.5. The van der Waals surface area contributed by atoms with E-state index in [1.165, 1.54) is 61.4 Å². The fourth-order valence-electron chi connectivity index (χ4n) is 5.19. The molecular formula is C36H36F6O2. The Morgan fingerprint density at radius 3 is 1.27 bits per heavy atom. The van der Waals surface area contributed by atoms with Crippen LogP contribution in [0.1, 0.15) is 61.6 Å². The number of rotatable bonds is 14. The molecule has 0 aliphatic heterocycles. The second-order valence-corrected chi connectivity index (χ2v) is 11.0. The summed E-state index contributed by atoms with van der Waals surface area (Å²) in [5.41, 5.74) is 6.54. The highest BCUT2D eigenvalue weighted by Gasteiger charge is 2.32. The maximum absolute atomic E-state index is 12.5. The van der Waals surface area contributed by atoms with Crippen molar-refractivity contribution in [1.29, 1.82) is 0 Å². The van der Waals surface area contributed by atoms with Crippen molar-refractivity contribution in [2.45, 2.75) is 77.4 Å². The molecule has 0 atom stereocenters. The first kappa shape index (κ1) is 33.0. The van der Waals surface area contributed by atoms with Crippen molar-refractivity contribution in [3.05, 3.63) is 108 Å². The van der Waals surface area contributed by atoms with E-state index >= 15 is 0 Å². The molecule has 234 valence electrons. The SMILES string of the molecule is Cc1cc(-c2ccc(CCCCCCCCCc3ccc(-c4ccc(OC(F)(F)F)cc4)cc3)cc2)ccc1OC(F)(F)F. The van der Waals surface area contributed by atoms with E-state index in [2.05, 4.69) is 33.7 Å². The van der Waals surface area contributed by atoms with Crippen LogP contribution in [0.5, 0.6) is 11.5 Å². The van der Waals surface area contributed by atoms with Crippen LogP contribution in [0.2, 0.25) is 0 Å². The molecule has 0 amide bonds. The van der Waals surface area contributed by atoms with Crippen LogP contribution in [0.3, 0.4) is 0 Å². The van der Waals surface area contributed by atoms with Crippen molar-refractivity contribution in [2.75, 3.05) is 0 Å². The zero-order valence-electron chi connectivity index (χ0n) is 24.6. The smallest absolute Gasteiger partial charge is 0.406 e. The molecule has 44 heavy (non-hydrogen) atoms. The van der Waals surface area contributed by atoms with Gasteiger partial charge in [-0.1, -0.05) is 98.8 Å². The zero-order chi connectivity index (χ0) is 31.6. The van der Waals surface area contributed by atoms with E-state index in [9.17, 15) is 26.3 Å². The first-order valence-electron chi connectivity index (χ1n) is 14.9. The lowest BCUT2D eigenvalue weighted by atomic mass is 9.99. The topological polar surface area (TPSA) is 18.5 Å². The van der Waals surface area contributed by atoms with Crippen molar-refractivity contribution in [1.82, 2.24) is 0 Å². The van der Waals surface area contributed by atoms with E-state index in [0.717, 1.165) is 47.9 Å². The largest absolute Gasteiger partial charge is 0.573 e. The minimum absolute atomic E-state index is 0.182. The third-order valence-corrected chi connectivity index (χ3v) is 7.49. The quantitative estimate of drug-likeness (QED) is 0.104. The lowest BCUT2D eigenvalue weighted by Gasteiger charge is -2.12. The standard InChI is InChI=1S/C36H36F6O2/c1-26-25-32(21-24-34(26)44-36(40,41)42)31-17-13-28(14-18-31)10-8-6-4-2-3-5-7-9-27-11-15-29(16-12-27)30-19-22-33(23-20-30)43-35(37,38)39/h11-25H,2-10H2,1H3. The number of halogens is 6. The van der Waals surface area contributed by atoms with Crippen molar-refractivity contribution < 1.29 is 35.8 Å². The lowest BCUT2D eigenvalue weighted by Crippen LogP contribution is -2.17. The summed E-state index contributed by atoms with van der Waals surface area (Å²) in [7, 11) is 0. The Bertz CT molecular complexity index is 1440. The van der Waals surface area contributed by atoms with Gasteiger partial charge in [0.05, 0.1) is 0 Å². The molecule has 0 saturated heterocycles. The van der Waals surface area contributed by atoms with Gasteiger partial charge in [0.15, 0.2) is 0 Å². The summed E-state index contributed by atoms with van der Waals surface area (Å²) in [6.07, 6.45) is 0.794. The predicted molar refractivity (Wildman–Crippen MR) is 162 cm³/mol. The Morgan fingerprint density at radius 1 is 0.455 bits per heavy atom.